The molecule has 0 aliphatic heterocycles. The maximum Gasteiger partial charge on any atom is 0.341 e. The summed E-state index contributed by atoms with van der Waals surface area (Å²) in [5.74, 6) is -2.52. The minimum Gasteiger partial charge on any atom is -0.482 e. The van der Waals surface area contributed by atoms with Crippen molar-refractivity contribution in [1.29, 1.82) is 0 Å². The van der Waals surface area contributed by atoms with Crippen LogP contribution < -0.4 is 14.8 Å². The van der Waals surface area contributed by atoms with Crippen LogP contribution in [0.15, 0.2) is 78.9 Å². The number of nitro benzene ring substituents is 2. The molecule has 6 rings (SSSR count). The number of amides is 1. The van der Waals surface area contributed by atoms with Crippen LogP contribution in [0.4, 0.5) is 11.4 Å². The summed E-state index contributed by atoms with van der Waals surface area (Å²) >= 11 is 0. The molecule has 16 heteroatoms. The molecule has 2 aliphatic rings. The van der Waals surface area contributed by atoms with Crippen LogP contribution in [0, 0.1) is 20.2 Å². The predicted molar refractivity (Wildman–Crippen MR) is 193 cm³/mol. The Bertz CT molecular complexity index is 2110. The second-order valence-corrected chi connectivity index (χ2v) is 13.1. The maximum atomic E-state index is 13.6. The monoisotopic (exact) mass is 755 g/mol. The zero-order valence-electron chi connectivity index (χ0n) is 29.4. The van der Waals surface area contributed by atoms with Gasteiger partial charge in [0.2, 0.25) is 0 Å². The van der Waals surface area contributed by atoms with Crippen molar-refractivity contribution in [3.8, 4) is 11.5 Å². The van der Waals surface area contributed by atoms with Crippen LogP contribution in [0.5, 0.6) is 11.5 Å². The number of hydrogen-bond donors (Lipinski definition) is 3. The lowest BCUT2D eigenvalue weighted by molar-refractivity contribution is -0.386. The highest BCUT2D eigenvalue weighted by atomic mass is 16.6. The van der Waals surface area contributed by atoms with Gasteiger partial charge in [0.1, 0.15) is 23.7 Å². The number of hydrogen-bond acceptors (Lipinski definition) is 11. The molecule has 0 heterocycles. The van der Waals surface area contributed by atoms with Gasteiger partial charge in [0.25, 0.3) is 17.3 Å². The van der Waals surface area contributed by atoms with Gasteiger partial charge in [-0.05, 0) is 71.5 Å². The van der Waals surface area contributed by atoms with Crippen molar-refractivity contribution in [2.45, 2.75) is 63.6 Å². The third-order valence-electron chi connectivity index (χ3n) is 9.45. The Labute approximate surface area is 313 Å². The third-order valence-corrected chi connectivity index (χ3v) is 9.45. The number of fused-ring (bicyclic) bond motifs is 2. The molecular formula is C39H37N3O13. The van der Waals surface area contributed by atoms with Crippen LogP contribution >= 0.6 is 0 Å². The predicted octanol–water partition coefficient (Wildman–Crippen LogP) is 6.42. The summed E-state index contributed by atoms with van der Waals surface area (Å²) in [5.41, 5.74) is 2.40. The number of nitrogens with zero attached hydrogens (tertiary/aromatic N) is 2. The number of carboxylic acid groups (broad SMARTS) is 2. The normalized spacial score (nSPS) is 16.3. The van der Waals surface area contributed by atoms with E-state index in [0.717, 1.165) is 32.1 Å². The topological polar surface area (TPSA) is 227 Å². The van der Waals surface area contributed by atoms with Crippen LogP contribution in [-0.4, -0.2) is 57.2 Å². The van der Waals surface area contributed by atoms with E-state index in [1.165, 1.54) is 36.4 Å². The molecule has 55 heavy (non-hydrogen) atoms. The maximum absolute atomic E-state index is 13.6. The highest BCUT2D eigenvalue weighted by molar-refractivity contribution is 5.94. The molecule has 3 N–H and O–H groups in total. The first kappa shape index (κ1) is 38.3. The lowest BCUT2D eigenvalue weighted by atomic mass is 9.81. The average molecular weight is 756 g/mol. The van der Waals surface area contributed by atoms with Gasteiger partial charge in [0, 0.05) is 23.7 Å². The van der Waals surface area contributed by atoms with Gasteiger partial charge < -0.3 is 34.5 Å². The molecule has 2 atom stereocenters. The number of rotatable bonds is 16. The summed E-state index contributed by atoms with van der Waals surface area (Å²) in [6, 6.07) is 20.0. The summed E-state index contributed by atoms with van der Waals surface area (Å²) in [5, 5.41) is 45.2. The molecule has 2 unspecified atom stereocenters. The number of aliphatic carboxylic acids is 2. The van der Waals surface area contributed by atoms with Crippen LogP contribution in [0.3, 0.4) is 0 Å². The summed E-state index contributed by atoms with van der Waals surface area (Å²) in [6.07, 6.45) is 3.18. The van der Waals surface area contributed by atoms with Gasteiger partial charge in [-0.15, -0.1) is 0 Å². The molecule has 0 aromatic heterocycles. The zero-order valence-corrected chi connectivity index (χ0v) is 29.4. The molecule has 1 saturated carbocycles. The van der Waals surface area contributed by atoms with Crippen LogP contribution in [0.2, 0.25) is 0 Å². The second-order valence-electron chi connectivity index (χ2n) is 13.1. The van der Waals surface area contributed by atoms with E-state index in [0.29, 0.717) is 27.8 Å². The van der Waals surface area contributed by atoms with Gasteiger partial charge in [-0.1, -0.05) is 49.6 Å². The fraction of sp³-hybridized carbons (Fsp3) is 0.308. The van der Waals surface area contributed by atoms with E-state index in [1.54, 1.807) is 42.5 Å². The number of carbonyl (C=O) groups is 3. The standard InChI is InChI=1S/C39H37N3O13/c43-35(44)21-52-27-11-14-33(41(48)49)24(16-27)19-54-37-29-8-4-5-9-30(29)38(55-20-25-17-28(53-22-36(45)46)12-15-34(25)42(50)51)32-18-23(10-13-31(32)37)39(47)40-26-6-2-1-3-7-26/h4-5,8-18,26,37-38H,1-3,6-7,19-22H2,(H,40,47)(H,43,44)(H,45,46). The number of carbonyl (C=O) groups excluding carboxylic acids is 1. The highest BCUT2D eigenvalue weighted by Gasteiger charge is 2.35. The van der Waals surface area contributed by atoms with E-state index in [-0.39, 0.29) is 59.2 Å². The van der Waals surface area contributed by atoms with Crippen molar-refractivity contribution in [2.75, 3.05) is 13.2 Å². The minimum atomic E-state index is -1.22. The van der Waals surface area contributed by atoms with Crippen molar-refractivity contribution >= 4 is 29.2 Å². The van der Waals surface area contributed by atoms with E-state index in [2.05, 4.69) is 5.32 Å². The van der Waals surface area contributed by atoms with Crippen LogP contribution in [-0.2, 0) is 32.3 Å². The lowest BCUT2D eigenvalue weighted by Crippen LogP contribution is -2.36. The largest absolute Gasteiger partial charge is 0.482 e. The van der Waals surface area contributed by atoms with E-state index in [9.17, 15) is 34.6 Å². The molecule has 286 valence electrons. The van der Waals surface area contributed by atoms with Crippen molar-refractivity contribution in [2.24, 2.45) is 0 Å². The van der Waals surface area contributed by atoms with Gasteiger partial charge in [0.15, 0.2) is 13.2 Å². The molecule has 4 aromatic rings. The minimum absolute atomic E-state index is 0.0309. The molecule has 0 radical (unpaired) electrons. The summed E-state index contributed by atoms with van der Waals surface area (Å²) in [7, 11) is 0. The molecule has 1 amide bonds. The van der Waals surface area contributed by atoms with E-state index in [4.69, 9.17) is 29.2 Å². The second kappa shape index (κ2) is 17.2. The Hall–Kier alpha value is -6.39. The molecule has 16 nitrogen and oxygen atoms in total. The first-order valence-electron chi connectivity index (χ1n) is 17.5. The Kier molecular flexibility index (Phi) is 12.0. The smallest absolute Gasteiger partial charge is 0.341 e. The van der Waals surface area contributed by atoms with Gasteiger partial charge in [-0.3, -0.25) is 25.0 Å². The number of nitro groups is 2. The summed E-state index contributed by atoms with van der Waals surface area (Å²) in [6.45, 7) is -1.90. The number of benzene rings is 4. The summed E-state index contributed by atoms with van der Waals surface area (Å²) < 4.78 is 23.5. The Morgan fingerprint density at radius 1 is 0.655 bits per heavy atom. The van der Waals surface area contributed by atoms with Crippen LogP contribution in [0.1, 0.15) is 88.1 Å². The zero-order chi connectivity index (χ0) is 39.1. The van der Waals surface area contributed by atoms with Crippen molar-refractivity contribution in [3.05, 3.63) is 138 Å². The molecule has 0 spiro atoms. The third kappa shape index (κ3) is 9.23. The Morgan fingerprint density at radius 3 is 1.64 bits per heavy atom. The first-order valence-corrected chi connectivity index (χ1v) is 17.5. The lowest BCUT2D eigenvalue weighted by Gasteiger charge is -2.34. The van der Waals surface area contributed by atoms with Crippen molar-refractivity contribution in [3.63, 3.8) is 0 Å². The highest BCUT2D eigenvalue weighted by Crippen LogP contribution is 2.46. The van der Waals surface area contributed by atoms with Gasteiger partial charge in [-0.2, -0.15) is 0 Å². The number of carboxylic acids is 2. The molecule has 1 fully saturated rings. The van der Waals surface area contributed by atoms with Crippen molar-refractivity contribution in [1.82, 2.24) is 5.32 Å². The molecular weight excluding hydrogens is 718 g/mol. The Balaban J connectivity index is 1.37. The molecule has 0 saturated heterocycles. The SMILES string of the molecule is O=C(O)COc1ccc([N+](=O)[O-])c(COC2c3ccccc3C(OCc3cc(OCC(=O)O)ccc3[N+](=O)[O-])c3cc(C(=O)NC4CCCCC4)ccc32)c1. The molecule has 2 aliphatic carbocycles. The van der Waals surface area contributed by atoms with Crippen molar-refractivity contribution < 1.29 is 53.4 Å². The van der Waals surface area contributed by atoms with Gasteiger partial charge in [-0.25, -0.2) is 9.59 Å². The van der Waals surface area contributed by atoms with E-state index in [1.807, 2.05) is 0 Å². The van der Waals surface area contributed by atoms with Gasteiger partial charge >= 0.3 is 11.9 Å². The van der Waals surface area contributed by atoms with Crippen LogP contribution in [0.25, 0.3) is 0 Å². The molecule has 4 aromatic carbocycles. The van der Waals surface area contributed by atoms with E-state index >= 15 is 0 Å². The average Bonchev–Trinajstić information content (AvgIpc) is 3.17. The first-order chi connectivity index (χ1) is 26.5. The fourth-order valence-corrected chi connectivity index (χ4v) is 6.91. The fourth-order valence-electron chi connectivity index (χ4n) is 6.91. The van der Waals surface area contributed by atoms with Gasteiger partial charge in [0.05, 0.1) is 34.2 Å². The van der Waals surface area contributed by atoms with E-state index < -0.39 is 47.2 Å². The Morgan fingerprint density at radius 2 is 1.15 bits per heavy atom. The molecule has 0 bridgehead atoms. The number of ether oxygens (including phenoxy) is 4. The summed E-state index contributed by atoms with van der Waals surface area (Å²) in [4.78, 5) is 58.6. The quantitative estimate of drug-likeness (QED) is 0.0830. The number of nitrogens with one attached hydrogen (secondary N) is 1.